The number of Topliss-reactive ketones (excluding diaryl/α,β-unsaturated/α-hetero) is 1. The Morgan fingerprint density at radius 3 is 2.15 bits per heavy atom. The van der Waals surface area contributed by atoms with Crippen molar-refractivity contribution in [2.45, 2.75) is 20.8 Å². The van der Waals surface area contributed by atoms with Gasteiger partial charge >= 0.3 is 0 Å². The highest BCUT2D eigenvalue weighted by atomic mass is 16.5. The molecule has 0 aliphatic carbocycles. The van der Waals surface area contributed by atoms with Crippen LogP contribution in [0.15, 0.2) is 48.5 Å². The lowest BCUT2D eigenvalue weighted by atomic mass is 9.85. The summed E-state index contributed by atoms with van der Waals surface area (Å²) in [7, 11) is 1.62. The number of carbonyl (C=O) groups excluding carboxylic acids is 1. The zero-order chi connectivity index (χ0) is 14.8. The molecule has 0 radical (unpaired) electrons. The van der Waals surface area contributed by atoms with Gasteiger partial charge in [0.1, 0.15) is 5.75 Å². The van der Waals surface area contributed by atoms with E-state index in [0.717, 1.165) is 11.1 Å². The fourth-order valence-electron chi connectivity index (χ4n) is 2.08. The van der Waals surface area contributed by atoms with Crippen molar-refractivity contribution in [2.24, 2.45) is 5.41 Å². The monoisotopic (exact) mass is 268 g/mol. The van der Waals surface area contributed by atoms with Crippen molar-refractivity contribution >= 4 is 5.78 Å². The van der Waals surface area contributed by atoms with Crippen LogP contribution in [0.5, 0.6) is 5.75 Å². The molecule has 0 aliphatic heterocycles. The predicted octanol–water partition coefficient (Wildman–Crippen LogP) is 4.59. The Hall–Kier alpha value is -2.09. The molecule has 2 heteroatoms. The number of hydrogen-bond acceptors (Lipinski definition) is 2. The molecule has 2 nitrogen and oxygen atoms in total. The molecule has 2 rings (SSSR count). The van der Waals surface area contributed by atoms with Crippen molar-refractivity contribution < 1.29 is 9.53 Å². The van der Waals surface area contributed by atoms with E-state index in [9.17, 15) is 4.79 Å². The molecule has 0 amide bonds. The lowest BCUT2D eigenvalue weighted by Crippen LogP contribution is -2.20. The van der Waals surface area contributed by atoms with Crippen LogP contribution in [-0.2, 0) is 0 Å². The molecule has 0 unspecified atom stereocenters. The van der Waals surface area contributed by atoms with E-state index in [2.05, 4.69) is 0 Å². The minimum absolute atomic E-state index is 0.119. The van der Waals surface area contributed by atoms with Crippen molar-refractivity contribution in [1.82, 2.24) is 0 Å². The minimum atomic E-state index is -0.402. The molecular formula is C18H20O2. The molecule has 0 spiro atoms. The fourth-order valence-corrected chi connectivity index (χ4v) is 2.08. The summed E-state index contributed by atoms with van der Waals surface area (Å²) in [6, 6.07) is 15.7. The molecule has 0 bridgehead atoms. The molecule has 20 heavy (non-hydrogen) atoms. The summed E-state index contributed by atoms with van der Waals surface area (Å²) in [5, 5.41) is 0. The fraction of sp³-hybridized carbons (Fsp3) is 0.278. The van der Waals surface area contributed by atoms with Gasteiger partial charge in [0, 0.05) is 11.0 Å². The van der Waals surface area contributed by atoms with Gasteiger partial charge in [0.05, 0.1) is 7.11 Å². The van der Waals surface area contributed by atoms with E-state index in [-0.39, 0.29) is 5.78 Å². The summed E-state index contributed by atoms with van der Waals surface area (Å²) < 4.78 is 5.33. The van der Waals surface area contributed by atoms with E-state index >= 15 is 0 Å². The number of rotatable bonds is 3. The lowest BCUT2D eigenvalue weighted by molar-refractivity contribution is 0.0858. The Balaban J connectivity index is 2.53. The lowest BCUT2D eigenvalue weighted by Gasteiger charge is -2.18. The van der Waals surface area contributed by atoms with E-state index in [0.29, 0.717) is 11.3 Å². The zero-order valence-electron chi connectivity index (χ0n) is 12.4. The second kappa shape index (κ2) is 5.49. The van der Waals surface area contributed by atoms with Crippen LogP contribution < -0.4 is 4.74 Å². The molecular weight excluding hydrogens is 248 g/mol. The van der Waals surface area contributed by atoms with Gasteiger partial charge in [0.15, 0.2) is 5.78 Å². The first-order valence-corrected chi connectivity index (χ1v) is 6.71. The highest BCUT2D eigenvalue weighted by Gasteiger charge is 2.23. The van der Waals surface area contributed by atoms with Crippen molar-refractivity contribution in [3.8, 4) is 16.9 Å². The van der Waals surface area contributed by atoms with Crippen LogP contribution in [0.1, 0.15) is 31.1 Å². The Labute approximate surface area is 120 Å². The smallest absolute Gasteiger partial charge is 0.168 e. The molecule has 0 heterocycles. The molecule has 0 N–H and O–H groups in total. The zero-order valence-corrected chi connectivity index (χ0v) is 12.4. The average molecular weight is 268 g/mol. The summed E-state index contributed by atoms with van der Waals surface area (Å²) in [6.45, 7) is 5.78. The van der Waals surface area contributed by atoms with Gasteiger partial charge in [-0.1, -0.05) is 51.1 Å². The van der Waals surface area contributed by atoms with Crippen LogP contribution >= 0.6 is 0 Å². The van der Waals surface area contributed by atoms with Crippen molar-refractivity contribution in [3.05, 3.63) is 54.1 Å². The number of ether oxygens (including phenoxy) is 1. The number of hydrogen-bond donors (Lipinski definition) is 0. The third kappa shape index (κ3) is 3.08. The van der Waals surface area contributed by atoms with Crippen molar-refractivity contribution in [3.63, 3.8) is 0 Å². The standard InChI is InChI=1S/C18H20O2/c1-18(2,3)17(19)15-10-14(11-16(12-15)20-4)13-8-6-5-7-9-13/h5-12H,1-4H3. The SMILES string of the molecule is COc1cc(C(=O)C(C)(C)C)cc(-c2ccccc2)c1. The Kier molecular flexibility index (Phi) is 3.93. The van der Waals surface area contributed by atoms with E-state index in [4.69, 9.17) is 4.74 Å². The summed E-state index contributed by atoms with van der Waals surface area (Å²) >= 11 is 0. The second-order valence-electron chi connectivity index (χ2n) is 5.90. The topological polar surface area (TPSA) is 26.3 Å². The van der Waals surface area contributed by atoms with Crippen LogP contribution in [0.4, 0.5) is 0 Å². The summed E-state index contributed by atoms with van der Waals surface area (Å²) in [4.78, 5) is 12.5. The molecule has 0 saturated carbocycles. The first kappa shape index (κ1) is 14.3. The first-order chi connectivity index (χ1) is 9.41. The van der Waals surface area contributed by atoms with Gasteiger partial charge in [-0.25, -0.2) is 0 Å². The van der Waals surface area contributed by atoms with Gasteiger partial charge in [0.2, 0.25) is 0 Å². The molecule has 2 aromatic carbocycles. The number of carbonyl (C=O) groups is 1. The second-order valence-corrected chi connectivity index (χ2v) is 5.90. The van der Waals surface area contributed by atoms with E-state index in [1.807, 2.05) is 63.2 Å². The largest absolute Gasteiger partial charge is 0.497 e. The quantitative estimate of drug-likeness (QED) is 0.761. The molecule has 104 valence electrons. The van der Waals surface area contributed by atoms with Crippen LogP contribution in [0.2, 0.25) is 0 Å². The van der Waals surface area contributed by atoms with Crippen molar-refractivity contribution in [2.75, 3.05) is 7.11 Å². The number of benzene rings is 2. The minimum Gasteiger partial charge on any atom is -0.497 e. The Morgan fingerprint density at radius 1 is 0.950 bits per heavy atom. The summed E-state index contributed by atoms with van der Waals surface area (Å²) in [6.07, 6.45) is 0. The van der Waals surface area contributed by atoms with Gasteiger partial charge < -0.3 is 4.74 Å². The molecule has 0 fully saturated rings. The van der Waals surface area contributed by atoms with Crippen LogP contribution in [0.3, 0.4) is 0 Å². The molecule has 2 aromatic rings. The number of ketones is 1. The highest BCUT2D eigenvalue weighted by Crippen LogP contribution is 2.29. The Bertz CT molecular complexity index is 607. The van der Waals surface area contributed by atoms with Crippen LogP contribution in [-0.4, -0.2) is 12.9 Å². The predicted molar refractivity (Wildman–Crippen MR) is 82.2 cm³/mol. The molecule has 0 atom stereocenters. The van der Waals surface area contributed by atoms with E-state index in [1.165, 1.54) is 0 Å². The van der Waals surface area contributed by atoms with E-state index < -0.39 is 5.41 Å². The van der Waals surface area contributed by atoms with Gasteiger partial charge in [-0.15, -0.1) is 0 Å². The maximum atomic E-state index is 12.5. The van der Waals surface area contributed by atoms with Gasteiger partial charge in [-0.05, 0) is 29.3 Å². The Morgan fingerprint density at radius 2 is 1.60 bits per heavy atom. The van der Waals surface area contributed by atoms with E-state index in [1.54, 1.807) is 13.2 Å². The van der Waals surface area contributed by atoms with Gasteiger partial charge in [-0.3, -0.25) is 4.79 Å². The van der Waals surface area contributed by atoms with Gasteiger partial charge in [0.25, 0.3) is 0 Å². The maximum absolute atomic E-state index is 12.5. The number of methoxy groups -OCH3 is 1. The van der Waals surface area contributed by atoms with Crippen LogP contribution in [0, 0.1) is 5.41 Å². The third-order valence-corrected chi connectivity index (χ3v) is 3.19. The third-order valence-electron chi connectivity index (χ3n) is 3.19. The normalized spacial score (nSPS) is 11.2. The maximum Gasteiger partial charge on any atom is 0.168 e. The first-order valence-electron chi connectivity index (χ1n) is 6.71. The molecule has 0 aromatic heterocycles. The highest BCUT2D eigenvalue weighted by molar-refractivity contribution is 6.01. The summed E-state index contributed by atoms with van der Waals surface area (Å²) in [5.41, 5.74) is 2.36. The molecule has 0 saturated heterocycles. The van der Waals surface area contributed by atoms with Crippen LogP contribution in [0.25, 0.3) is 11.1 Å². The molecule has 0 aliphatic rings. The average Bonchev–Trinajstić information content (AvgIpc) is 2.46. The van der Waals surface area contributed by atoms with Gasteiger partial charge in [-0.2, -0.15) is 0 Å². The summed E-state index contributed by atoms with van der Waals surface area (Å²) in [5.74, 6) is 0.826. The van der Waals surface area contributed by atoms with Crippen molar-refractivity contribution in [1.29, 1.82) is 0 Å².